The minimum absolute atomic E-state index is 0.0824. The summed E-state index contributed by atoms with van der Waals surface area (Å²) in [4.78, 5) is 12.5. The van der Waals surface area contributed by atoms with Crippen LogP contribution in [0.3, 0.4) is 0 Å². The molecule has 1 atom stereocenters. The number of benzene rings is 2. The minimum Gasteiger partial charge on any atom is -0.305 e. The summed E-state index contributed by atoms with van der Waals surface area (Å²) in [5.41, 5.74) is 1.37. The van der Waals surface area contributed by atoms with Gasteiger partial charge < -0.3 is 4.57 Å². The van der Waals surface area contributed by atoms with E-state index in [1.54, 1.807) is 19.1 Å². The van der Waals surface area contributed by atoms with E-state index in [1.807, 2.05) is 23.7 Å². The third kappa shape index (κ3) is 3.91. The Hall–Kier alpha value is -2.18. The lowest BCUT2D eigenvalue weighted by atomic mass is 10.1. The molecule has 25 heavy (non-hydrogen) atoms. The molecular formula is C18H15ClFN3OS. The summed E-state index contributed by atoms with van der Waals surface area (Å²) in [6.45, 7) is 1.80. The zero-order valence-corrected chi connectivity index (χ0v) is 15.2. The molecule has 0 amide bonds. The maximum Gasteiger partial charge on any atom is 0.191 e. The normalized spacial score (nSPS) is 12.2. The van der Waals surface area contributed by atoms with Crippen LogP contribution in [0.1, 0.15) is 17.3 Å². The number of nitrogens with zero attached hydrogens (tertiary/aromatic N) is 3. The van der Waals surface area contributed by atoms with Crippen molar-refractivity contribution in [1.82, 2.24) is 14.8 Å². The van der Waals surface area contributed by atoms with Crippen LogP contribution in [0.15, 0.2) is 53.7 Å². The Labute approximate surface area is 154 Å². The van der Waals surface area contributed by atoms with Crippen molar-refractivity contribution < 1.29 is 9.18 Å². The number of aromatic nitrogens is 3. The smallest absolute Gasteiger partial charge is 0.191 e. The molecule has 0 bridgehead atoms. The van der Waals surface area contributed by atoms with Gasteiger partial charge in [-0.1, -0.05) is 23.4 Å². The number of rotatable bonds is 5. The van der Waals surface area contributed by atoms with Crippen LogP contribution in [-0.4, -0.2) is 25.8 Å². The molecule has 3 aromatic rings. The predicted octanol–water partition coefficient (Wildman–Crippen LogP) is 4.64. The molecule has 1 heterocycles. The first kappa shape index (κ1) is 17.6. The molecule has 128 valence electrons. The molecule has 0 aliphatic rings. The molecule has 4 nitrogen and oxygen atoms in total. The topological polar surface area (TPSA) is 47.8 Å². The average Bonchev–Trinajstić information content (AvgIpc) is 2.96. The molecule has 0 N–H and O–H groups in total. The van der Waals surface area contributed by atoms with Crippen molar-refractivity contribution in [2.45, 2.75) is 17.3 Å². The monoisotopic (exact) mass is 375 g/mol. The Kier molecular flexibility index (Phi) is 5.20. The standard InChI is InChI=1S/C18H15ClFN3OS/c1-11(16(24)12-5-9-15(20)10-6-12)25-18-22-21-17(23(18)2)13-3-7-14(19)8-4-13/h3-11H,1-2H3. The van der Waals surface area contributed by atoms with E-state index in [1.165, 1.54) is 36.0 Å². The van der Waals surface area contributed by atoms with Gasteiger partial charge >= 0.3 is 0 Å². The summed E-state index contributed by atoms with van der Waals surface area (Å²) in [7, 11) is 1.85. The fourth-order valence-corrected chi connectivity index (χ4v) is 3.35. The molecule has 0 saturated carbocycles. The number of halogens is 2. The van der Waals surface area contributed by atoms with Crippen molar-refractivity contribution >= 4 is 29.1 Å². The molecule has 2 aromatic carbocycles. The van der Waals surface area contributed by atoms with Gasteiger partial charge in [-0.05, 0) is 55.5 Å². The lowest BCUT2D eigenvalue weighted by Gasteiger charge is -2.10. The molecule has 0 aliphatic heterocycles. The van der Waals surface area contributed by atoms with Crippen LogP contribution in [0.5, 0.6) is 0 Å². The largest absolute Gasteiger partial charge is 0.305 e. The summed E-state index contributed by atoms with van der Waals surface area (Å²) in [5.74, 6) is 0.249. The molecule has 1 aromatic heterocycles. The highest BCUT2D eigenvalue weighted by molar-refractivity contribution is 8.00. The van der Waals surface area contributed by atoms with Gasteiger partial charge in [0.25, 0.3) is 0 Å². The highest BCUT2D eigenvalue weighted by Crippen LogP contribution is 2.27. The van der Waals surface area contributed by atoms with Gasteiger partial charge in [0.15, 0.2) is 16.8 Å². The molecule has 3 rings (SSSR count). The van der Waals surface area contributed by atoms with Gasteiger partial charge in [-0.15, -0.1) is 10.2 Å². The number of hydrogen-bond acceptors (Lipinski definition) is 4. The summed E-state index contributed by atoms with van der Waals surface area (Å²) in [6, 6.07) is 12.9. The van der Waals surface area contributed by atoms with Gasteiger partial charge in [0, 0.05) is 23.2 Å². The lowest BCUT2D eigenvalue weighted by Crippen LogP contribution is -2.14. The molecule has 0 aliphatic carbocycles. The van der Waals surface area contributed by atoms with Crippen molar-refractivity contribution in [2.75, 3.05) is 0 Å². The van der Waals surface area contributed by atoms with E-state index < -0.39 is 0 Å². The maximum absolute atomic E-state index is 13.0. The second-order valence-corrected chi connectivity index (χ2v) is 7.25. The van der Waals surface area contributed by atoms with Crippen molar-refractivity contribution in [2.24, 2.45) is 7.05 Å². The van der Waals surface area contributed by atoms with Crippen LogP contribution in [0.2, 0.25) is 5.02 Å². The Balaban J connectivity index is 1.78. The summed E-state index contributed by atoms with van der Waals surface area (Å²) >= 11 is 7.22. The number of carbonyl (C=O) groups is 1. The molecule has 7 heteroatoms. The minimum atomic E-state index is -0.369. The quantitative estimate of drug-likeness (QED) is 0.481. The van der Waals surface area contributed by atoms with Crippen LogP contribution in [0.25, 0.3) is 11.4 Å². The Morgan fingerprint density at radius 2 is 1.76 bits per heavy atom. The fraction of sp³-hybridized carbons (Fsp3) is 0.167. The van der Waals surface area contributed by atoms with E-state index >= 15 is 0 Å². The Morgan fingerprint density at radius 3 is 2.40 bits per heavy atom. The van der Waals surface area contributed by atoms with E-state index in [9.17, 15) is 9.18 Å². The maximum atomic E-state index is 13.0. The number of Topliss-reactive ketones (excluding diaryl/α,β-unsaturated/α-hetero) is 1. The Bertz CT molecular complexity index is 894. The number of ketones is 1. The number of carbonyl (C=O) groups excluding carboxylic acids is 1. The van der Waals surface area contributed by atoms with E-state index in [4.69, 9.17) is 11.6 Å². The molecule has 0 saturated heterocycles. The predicted molar refractivity (Wildman–Crippen MR) is 97.5 cm³/mol. The van der Waals surface area contributed by atoms with Gasteiger partial charge in [-0.25, -0.2) is 4.39 Å². The molecular weight excluding hydrogens is 361 g/mol. The van der Waals surface area contributed by atoms with Crippen molar-refractivity contribution in [3.63, 3.8) is 0 Å². The van der Waals surface area contributed by atoms with Crippen molar-refractivity contribution in [1.29, 1.82) is 0 Å². The summed E-state index contributed by atoms with van der Waals surface area (Å²) in [6.07, 6.45) is 0. The first-order valence-corrected chi connectivity index (χ1v) is 8.83. The van der Waals surface area contributed by atoms with Crippen LogP contribution in [0.4, 0.5) is 4.39 Å². The molecule has 0 fully saturated rings. The Morgan fingerprint density at radius 1 is 1.12 bits per heavy atom. The summed E-state index contributed by atoms with van der Waals surface area (Å²) in [5, 5.41) is 9.29. The van der Waals surface area contributed by atoms with Crippen LogP contribution < -0.4 is 0 Å². The van der Waals surface area contributed by atoms with Crippen LogP contribution >= 0.6 is 23.4 Å². The first-order valence-electron chi connectivity index (χ1n) is 7.57. The van der Waals surface area contributed by atoms with E-state index in [0.29, 0.717) is 21.6 Å². The van der Waals surface area contributed by atoms with E-state index in [-0.39, 0.29) is 16.9 Å². The van der Waals surface area contributed by atoms with Gasteiger partial charge in [0.1, 0.15) is 5.82 Å². The van der Waals surface area contributed by atoms with Gasteiger partial charge in [-0.2, -0.15) is 0 Å². The van der Waals surface area contributed by atoms with E-state index in [2.05, 4.69) is 10.2 Å². The molecule has 0 spiro atoms. The second-order valence-electron chi connectivity index (χ2n) is 5.50. The van der Waals surface area contributed by atoms with Crippen molar-refractivity contribution in [3.8, 4) is 11.4 Å². The van der Waals surface area contributed by atoms with Crippen LogP contribution in [0, 0.1) is 5.82 Å². The number of hydrogen-bond donors (Lipinski definition) is 0. The number of thioether (sulfide) groups is 1. The first-order chi connectivity index (χ1) is 12.0. The zero-order valence-electron chi connectivity index (χ0n) is 13.6. The SMILES string of the molecule is CC(Sc1nnc(-c2ccc(Cl)cc2)n1C)C(=O)c1ccc(F)cc1. The van der Waals surface area contributed by atoms with E-state index in [0.717, 1.165) is 5.56 Å². The summed E-state index contributed by atoms with van der Waals surface area (Å²) < 4.78 is 14.8. The van der Waals surface area contributed by atoms with Gasteiger partial charge in [-0.3, -0.25) is 4.79 Å². The average molecular weight is 376 g/mol. The molecule has 1 unspecified atom stereocenters. The second kappa shape index (κ2) is 7.37. The molecule has 0 radical (unpaired) electrons. The fourth-order valence-electron chi connectivity index (χ4n) is 2.33. The van der Waals surface area contributed by atoms with Crippen LogP contribution in [-0.2, 0) is 7.05 Å². The zero-order chi connectivity index (χ0) is 18.0. The highest BCUT2D eigenvalue weighted by atomic mass is 35.5. The van der Waals surface area contributed by atoms with Crippen molar-refractivity contribution in [3.05, 3.63) is 64.9 Å². The lowest BCUT2D eigenvalue weighted by molar-refractivity contribution is 0.0994. The van der Waals surface area contributed by atoms with Gasteiger partial charge in [0.2, 0.25) is 0 Å². The third-order valence-corrected chi connectivity index (χ3v) is 5.10. The third-order valence-electron chi connectivity index (χ3n) is 3.72. The highest BCUT2D eigenvalue weighted by Gasteiger charge is 2.20. The van der Waals surface area contributed by atoms with Gasteiger partial charge in [0.05, 0.1) is 5.25 Å².